The first-order valence-electron chi connectivity index (χ1n) is 14.5. The molecule has 0 fully saturated rings. The second-order valence-electron chi connectivity index (χ2n) is 10.7. The maximum absolute atomic E-state index is 13.2. The number of aryl methyl sites for hydroxylation is 1. The Kier molecular flexibility index (Phi) is 10.2. The molecular formula is C35H36N4O3S2. The third-order valence-corrected chi connectivity index (χ3v) is 9.47. The van der Waals surface area contributed by atoms with Gasteiger partial charge in [0.2, 0.25) is 0 Å². The number of carbonyl (C=O) groups is 1. The summed E-state index contributed by atoms with van der Waals surface area (Å²) in [5.74, 6) is 1.34. The molecule has 44 heavy (non-hydrogen) atoms. The first-order valence-corrected chi connectivity index (χ1v) is 17.2. The summed E-state index contributed by atoms with van der Waals surface area (Å²) in [7, 11) is -4.12. The van der Waals surface area contributed by atoms with Gasteiger partial charge in [-0.15, -0.1) is 11.8 Å². The number of urea groups is 1. The second-order valence-corrected chi connectivity index (χ2v) is 13.1. The van der Waals surface area contributed by atoms with E-state index in [4.69, 9.17) is 4.98 Å². The number of hydrogen-bond acceptors (Lipinski definition) is 5. The Bertz CT molecular complexity index is 1790. The first kappa shape index (κ1) is 31.1. The highest BCUT2D eigenvalue weighted by molar-refractivity contribution is 7.98. The Morgan fingerprint density at radius 1 is 0.841 bits per heavy atom. The smallest absolute Gasteiger partial charge is 0.328 e. The fraction of sp³-hybridized carbons (Fsp3) is 0.200. The number of nitrogens with one attached hydrogen (secondary N) is 2. The average Bonchev–Trinajstić information content (AvgIpc) is 3.47. The van der Waals surface area contributed by atoms with Crippen LogP contribution in [0.5, 0.6) is 0 Å². The Morgan fingerprint density at radius 3 is 2.16 bits per heavy atom. The van der Waals surface area contributed by atoms with Gasteiger partial charge in [-0.1, -0.05) is 110 Å². The summed E-state index contributed by atoms with van der Waals surface area (Å²) in [6.07, 6.45) is 6.12. The predicted molar refractivity (Wildman–Crippen MR) is 177 cm³/mol. The summed E-state index contributed by atoms with van der Waals surface area (Å²) in [4.78, 5) is 17.4. The zero-order valence-electron chi connectivity index (χ0n) is 24.8. The van der Waals surface area contributed by atoms with E-state index < -0.39 is 16.1 Å². The number of imidazole rings is 1. The fourth-order valence-electron chi connectivity index (χ4n) is 5.10. The Morgan fingerprint density at radius 2 is 1.48 bits per heavy atom. The number of sulfonamides is 1. The quantitative estimate of drug-likeness (QED) is 0.143. The van der Waals surface area contributed by atoms with Gasteiger partial charge in [0, 0.05) is 30.8 Å². The average molecular weight is 625 g/mol. The van der Waals surface area contributed by atoms with Gasteiger partial charge in [0.25, 0.3) is 10.0 Å². The van der Waals surface area contributed by atoms with Gasteiger partial charge >= 0.3 is 6.03 Å². The molecule has 226 valence electrons. The number of nitrogens with zero attached hydrogens (tertiary/aromatic N) is 2. The molecule has 9 heteroatoms. The molecule has 0 radical (unpaired) electrons. The molecule has 5 rings (SSSR count). The van der Waals surface area contributed by atoms with Crippen molar-refractivity contribution in [3.05, 3.63) is 138 Å². The molecule has 2 amide bonds. The van der Waals surface area contributed by atoms with Gasteiger partial charge in [0.15, 0.2) is 0 Å². The number of hydrogen-bond donors (Lipinski definition) is 2. The molecule has 0 saturated heterocycles. The van der Waals surface area contributed by atoms with Crippen LogP contribution in [0.4, 0.5) is 4.79 Å². The Labute approximate surface area is 263 Å². The van der Waals surface area contributed by atoms with Gasteiger partial charge in [-0.3, -0.25) is 0 Å². The lowest BCUT2D eigenvalue weighted by Gasteiger charge is -2.15. The van der Waals surface area contributed by atoms with E-state index >= 15 is 0 Å². The molecule has 0 aliphatic rings. The number of aromatic nitrogens is 2. The third kappa shape index (κ3) is 7.98. The minimum atomic E-state index is -4.12. The molecule has 0 bridgehead atoms. The summed E-state index contributed by atoms with van der Waals surface area (Å²) in [5.41, 5.74) is 4.53. The SMILES string of the molecule is CSc1cn(Cc2ccc(-c3ccccc3S(=O)(=O)NC(=O)NCc3ccccc3)cc2)c(C(C)CCc2ccccc2)n1. The minimum absolute atomic E-state index is 0.0383. The zero-order valence-corrected chi connectivity index (χ0v) is 26.4. The van der Waals surface area contributed by atoms with Crippen LogP contribution in [-0.2, 0) is 29.5 Å². The van der Waals surface area contributed by atoms with Crippen molar-refractivity contribution < 1.29 is 13.2 Å². The zero-order chi connectivity index (χ0) is 30.9. The van der Waals surface area contributed by atoms with Gasteiger partial charge in [0.05, 0.1) is 4.90 Å². The van der Waals surface area contributed by atoms with Crippen molar-refractivity contribution in [1.29, 1.82) is 0 Å². The molecule has 0 aliphatic heterocycles. The van der Waals surface area contributed by atoms with Crippen LogP contribution in [0.15, 0.2) is 125 Å². The van der Waals surface area contributed by atoms with Crippen LogP contribution in [0.25, 0.3) is 11.1 Å². The van der Waals surface area contributed by atoms with Crippen LogP contribution in [0.1, 0.15) is 41.8 Å². The molecule has 1 unspecified atom stereocenters. The summed E-state index contributed by atoms with van der Waals surface area (Å²) in [6.45, 7) is 3.10. The molecular weight excluding hydrogens is 589 g/mol. The lowest BCUT2D eigenvalue weighted by Crippen LogP contribution is -2.39. The number of benzene rings is 4. The van der Waals surface area contributed by atoms with E-state index in [1.165, 1.54) is 11.6 Å². The van der Waals surface area contributed by atoms with Crippen LogP contribution < -0.4 is 10.0 Å². The Balaban J connectivity index is 1.29. The van der Waals surface area contributed by atoms with Crippen molar-refractivity contribution >= 4 is 27.8 Å². The second kappa shape index (κ2) is 14.4. The van der Waals surface area contributed by atoms with Crippen molar-refractivity contribution in [2.24, 2.45) is 0 Å². The molecule has 0 saturated carbocycles. The molecule has 0 spiro atoms. The number of rotatable bonds is 12. The van der Waals surface area contributed by atoms with Crippen LogP contribution >= 0.6 is 11.8 Å². The standard InChI is InChI=1S/C35H36N4O3S2/c1-26(17-18-27-11-5-3-6-12-27)34-37-33(43-2)25-39(34)24-29-19-21-30(22-20-29)31-15-9-10-16-32(31)44(41,42)38-35(40)36-23-28-13-7-4-8-14-28/h3-16,19-22,25-26H,17-18,23-24H2,1-2H3,(H2,36,38,40). The third-order valence-electron chi connectivity index (χ3n) is 7.46. The molecule has 0 aliphatic carbocycles. The first-order chi connectivity index (χ1) is 21.3. The van der Waals surface area contributed by atoms with Crippen LogP contribution in [0.2, 0.25) is 0 Å². The van der Waals surface area contributed by atoms with Crippen molar-refractivity contribution in [2.75, 3.05) is 6.26 Å². The normalized spacial score (nSPS) is 12.0. The fourth-order valence-corrected chi connectivity index (χ4v) is 6.67. The molecule has 5 aromatic rings. The lowest BCUT2D eigenvalue weighted by molar-refractivity contribution is 0.245. The van der Waals surface area contributed by atoms with Crippen molar-refractivity contribution in [3.63, 3.8) is 0 Å². The summed E-state index contributed by atoms with van der Waals surface area (Å²) < 4.78 is 30.9. The minimum Gasteiger partial charge on any atom is -0.333 e. The van der Waals surface area contributed by atoms with E-state index in [9.17, 15) is 13.2 Å². The molecule has 1 heterocycles. The van der Waals surface area contributed by atoms with E-state index in [2.05, 4.69) is 52.0 Å². The van der Waals surface area contributed by atoms with E-state index in [-0.39, 0.29) is 17.4 Å². The number of carbonyl (C=O) groups excluding carboxylic acids is 1. The Hall–Kier alpha value is -4.34. The van der Waals surface area contributed by atoms with E-state index in [0.717, 1.165) is 40.4 Å². The van der Waals surface area contributed by atoms with Crippen molar-refractivity contribution in [1.82, 2.24) is 19.6 Å². The molecule has 1 aromatic heterocycles. The highest BCUT2D eigenvalue weighted by Crippen LogP contribution is 2.29. The predicted octanol–water partition coefficient (Wildman–Crippen LogP) is 7.24. The summed E-state index contributed by atoms with van der Waals surface area (Å²) in [6, 6.07) is 33.6. The number of thioether (sulfide) groups is 1. The molecule has 4 aromatic carbocycles. The lowest BCUT2D eigenvalue weighted by atomic mass is 10.00. The monoisotopic (exact) mass is 624 g/mol. The molecule has 2 N–H and O–H groups in total. The maximum atomic E-state index is 13.2. The van der Waals surface area contributed by atoms with Crippen LogP contribution in [0.3, 0.4) is 0 Å². The summed E-state index contributed by atoms with van der Waals surface area (Å²) in [5, 5.41) is 3.60. The highest BCUT2D eigenvalue weighted by Gasteiger charge is 2.22. The van der Waals surface area contributed by atoms with Crippen molar-refractivity contribution in [3.8, 4) is 11.1 Å². The number of amides is 2. The summed E-state index contributed by atoms with van der Waals surface area (Å²) >= 11 is 1.63. The van der Waals surface area contributed by atoms with Gasteiger partial charge in [0.1, 0.15) is 10.9 Å². The van der Waals surface area contributed by atoms with Gasteiger partial charge < -0.3 is 9.88 Å². The van der Waals surface area contributed by atoms with Crippen LogP contribution in [0, 0.1) is 0 Å². The van der Waals surface area contributed by atoms with Gasteiger partial charge in [-0.05, 0) is 47.4 Å². The van der Waals surface area contributed by atoms with Crippen LogP contribution in [-0.4, -0.2) is 30.3 Å². The highest BCUT2D eigenvalue weighted by atomic mass is 32.2. The molecule has 7 nitrogen and oxygen atoms in total. The van der Waals surface area contributed by atoms with Gasteiger partial charge in [-0.2, -0.15) is 0 Å². The molecule has 1 atom stereocenters. The topological polar surface area (TPSA) is 93.1 Å². The van der Waals surface area contributed by atoms with Crippen molar-refractivity contribution in [2.45, 2.75) is 48.7 Å². The van der Waals surface area contributed by atoms with E-state index in [1.807, 2.05) is 66.9 Å². The van der Waals surface area contributed by atoms with E-state index in [1.54, 1.807) is 30.0 Å². The van der Waals surface area contributed by atoms with E-state index in [0.29, 0.717) is 12.1 Å². The van der Waals surface area contributed by atoms with Gasteiger partial charge in [-0.25, -0.2) is 22.9 Å². The maximum Gasteiger partial charge on any atom is 0.328 e. The largest absolute Gasteiger partial charge is 0.333 e.